The number of unbranched alkanes of at least 4 members (excludes halogenated alkanes) is 4. The van der Waals surface area contributed by atoms with Crippen molar-refractivity contribution in [1.29, 1.82) is 0 Å². The number of carboxylic acids is 1. The first-order valence-electron chi connectivity index (χ1n) is 4.10. The molecular formula is C9H14O3. The van der Waals surface area contributed by atoms with Crippen LogP contribution in [0.5, 0.6) is 0 Å². The highest BCUT2D eigenvalue weighted by Crippen LogP contribution is 2.01. The van der Waals surface area contributed by atoms with Crippen molar-refractivity contribution in [3.63, 3.8) is 0 Å². The molecule has 0 aliphatic carbocycles. The maximum Gasteiger partial charge on any atom is 0.327 e. The van der Waals surface area contributed by atoms with Crippen LogP contribution < -0.4 is 0 Å². The summed E-state index contributed by atoms with van der Waals surface area (Å²) in [5, 5.41) is 8.22. The summed E-state index contributed by atoms with van der Waals surface area (Å²) in [5.74, 6) is -0.900. The summed E-state index contributed by atoms with van der Waals surface area (Å²) in [4.78, 5) is 19.9. The van der Waals surface area contributed by atoms with Gasteiger partial charge in [-0.05, 0) is 19.3 Å². The van der Waals surface area contributed by atoms with Gasteiger partial charge in [-0.1, -0.05) is 12.5 Å². The molecule has 0 radical (unpaired) electrons. The Morgan fingerprint density at radius 1 is 1.17 bits per heavy atom. The number of carboxylic acid groups (broad SMARTS) is 1. The Morgan fingerprint density at radius 3 is 2.42 bits per heavy atom. The first kappa shape index (κ1) is 10.9. The third kappa shape index (κ3) is 8.88. The molecule has 0 rings (SSSR count). The molecule has 0 aromatic heterocycles. The molecule has 0 saturated carbocycles. The Morgan fingerprint density at radius 2 is 1.83 bits per heavy atom. The van der Waals surface area contributed by atoms with Crippen molar-refractivity contribution in [2.24, 2.45) is 0 Å². The fourth-order valence-corrected chi connectivity index (χ4v) is 0.851. The lowest BCUT2D eigenvalue weighted by Gasteiger charge is -1.92. The van der Waals surface area contributed by atoms with Crippen LogP contribution in [-0.4, -0.2) is 17.4 Å². The molecule has 3 nitrogen and oxygen atoms in total. The summed E-state index contributed by atoms with van der Waals surface area (Å²) >= 11 is 0. The second-order valence-corrected chi connectivity index (χ2v) is 2.55. The van der Waals surface area contributed by atoms with Crippen LogP contribution in [0, 0.1) is 0 Å². The first-order chi connectivity index (χ1) is 5.77. The van der Waals surface area contributed by atoms with E-state index < -0.39 is 5.97 Å². The third-order valence-corrected chi connectivity index (χ3v) is 1.45. The number of rotatable bonds is 7. The lowest BCUT2D eigenvalue weighted by atomic mass is 10.1. The van der Waals surface area contributed by atoms with Crippen molar-refractivity contribution in [2.45, 2.75) is 32.1 Å². The highest BCUT2D eigenvalue weighted by molar-refractivity contribution is 5.79. The standard InChI is InChI=1S/C9H14O3/c10-8-6-4-2-1-3-5-7-9(11)12/h5,7-8H,1-4,6H2,(H,11,12). The number of carbonyl (C=O) groups is 2. The summed E-state index contributed by atoms with van der Waals surface area (Å²) in [5.41, 5.74) is 0. The van der Waals surface area contributed by atoms with E-state index in [0.717, 1.165) is 38.0 Å². The largest absolute Gasteiger partial charge is 0.478 e. The Balaban J connectivity index is 3.10. The van der Waals surface area contributed by atoms with E-state index in [1.807, 2.05) is 0 Å². The van der Waals surface area contributed by atoms with E-state index in [2.05, 4.69) is 0 Å². The van der Waals surface area contributed by atoms with Crippen molar-refractivity contribution < 1.29 is 14.7 Å². The van der Waals surface area contributed by atoms with Gasteiger partial charge < -0.3 is 9.90 Å². The molecule has 1 N–H and O–H groups in total. The van der Waals surface area contributed by atoms with Gasteiger partial charge in [0, 0.05) is 12.5 Å². The number of aliphatic carboxylic acids is 1. The van der Waals surface area contributed by atoms with E-state index in [0.29, 0.717) is 6.42 Å². The summed E-state index contributed by atoms with van der Waals surface area (Å²) in [6, 6.07) is 0. The average molecular weight is 170 g/mol. The topological polar surface area (TPSA) is 54.4 Å². The minimum absolute atomic E-state index is 0.614. The van der Waals surface area contributed by atoms with Crippen LogP contribution in [0.1, 0.15) is 32.1 Å². The van der Waals surface area contributed by atoms with Crippen LogP contribution in [-0.2, 0) is 9.59 Å². The first-order valence-corrected chi connectivity index (χ1v) is 4.10. The van der Waals surface area contributed by atoms with Crippen molar-refractivity contribution in [2.75, 3.05) is 0 Å². The molecule has 0 aromatic rings. The zero-order chi connectivity index (χ0) is 9.23. The predicted molar refractivity (Wildman–Crippen MR) is 45.9 cm³/mol. The van der Waals surface area contributed by atoms with Crippen LogP contribution >= 0.6 is 0 Å². The number of carbonyl (C=O) groups excluding carboxylic acids is 1. The maximum absolute atomic E-state index is 10.0. The Hall–Kier alpha value is -1.12. The molecule has 0 atom stereocenters. The summed E-state index contributed by atoms with van der Waals surface area (Å²) in [6.07, 6.45) is 7.95. The summed E-state index contributed by atoms with van der Waals surface area (Å²) in [6.45, 7) is 0. The highest BCUT2D eigenvalue weighted by atomic mass is 16.4. The molecule has 0 aliphatic heterocycles. The lowest BCUT2D eigenvalue weighted by Crippen LogP contribution is -1.85. The fraction of sp³-hybridized carbons (Fsp3) is 0.556. The molecule has 12 heavy (non-hydrogen) atoms. The molecule has 0 saturated heterocycles. The van der Waals surface area contributed by atoms with Gasteiger partial charge in [0.15, 0.2) is 0 Å². The molecule has 0 unspecified atom stereocenters. The van der Waals surface area contributed by atoms with E-state index in [9.17, 15) is 9.59 Å². The SMILES string of the molecule is O=CCCCCCC=CC(=O)O. The second-order valence-electron chi connectivity index (χ2n) is 2.55. The monoisotopic (exact) mass is 170 g/mol. The van der Waals surface area contributed by atoms with Crippen molar-refractivity contribution >= 4 is 12.3 Å². The summed E-state index contributed by atoms with van der Waals surface area (Å²) < 4.78 is 0. The zero-order valence-electron chi connectivity index (χ0n) is 7.03. The Kier molecular flexibility index (Phi) is 7.24. The van der Waals surface area contributed by atoms with E-state index >= 15 is 0 Å². The molecule has 0 aliphatic rings. The zero-order valence-corrected chi connectivity index (χ0v) is 7.03. The smallest absolute Gasteiger partial charge is 0.327 e. The molecular weight excluding hydrogens is 156 g/mol. The Labute approximate surface area is 72.1 Å². The molecule has 68 valence electrons. The minimum atomic E-state index is -0.900. The van der Waals surface area contributed by atoms with Gasteiger partial charge in [0.1, 0.15) is 6.29 Å². The molecule has 0 bridgehead atoms. The molecule has 0 heterocycles. The van der Waals surface area contributed by atoms with Gasteiger partial charge >= 0.3 is 5.97 Å². The lowest BCUT2D eigenvalue weighted by molar-refractivity contribution is -0.131. The van der Waals surface area contributed by atoms with Crippen LogP contribution in [0.3, 0.4) is 0 Å². The van der Waals surface area contributed by atoms with Crippen molar-refractivity contribution in [1.82, 2.24) is 0 Å². The second kappa shape index (κ2) is 7.98. The van der Waals surface area contributed by atoms with Gasteiger partial charge in [0.05, 0.1) is 0 Å². The van der Waals surface area contributed by atoms with Gasteiger partial charge in [-0.25, -0.2) is 4.79 Å². The Bertz CT molecular complexity index is 161. The van der Waals surface area contributed by atoms with Crippen molar-refractivity contribution in [3.8, 4) is 0 Å². The number of allylic oxidation sites excluding steroid dienone is 1. The molecule has 3 heteroatoms. The number of hydrogen-bond donors (Lipinski definition) is 1. The highest BCUT2D eigenvalue weighted by Gasteiger charge is 1.87. The fourth-order valence-electron chi connectivity index (χ4n) is 0.851. The molecule has 0 amide bonds. The van der Waals surface area contributed by atoms with E-state index in [4.69, 9.17) is 5.11 Å². The van der Waals surface area contributed by atoms with Crippen LogP contribution in [0.2, 0.25) is 0 Å². The average Bonchev–Trinajstić information content (AvgIpc) is 2.02. The van der Waals surface area contributed by atoms with Crippen LogP contribution in [0.4, 0.5) is 0 Å². The normalized spacial score (nSPS) is 10.3. The molecule has 0 aromatic carbocycles. The summed E-state index contributed by atoms with van der Waals surface area (Å²) in [7, 11) is 0. The number of hydrogen-bond acceptors (Lipinski definition) is 2. The molecule has 0 spiro atoms. The van der Waals surface area contributed by atoms with Gasteiger partial charge in [0.2, 0.25) is 0 Å². The van der Waals surface area contributed by atoms with Gasteiger partial charge in [-0.3, -0.25) is 0 Å². The predicted octanol–water partition coefficient (Wildman–Crippen LogP) is 1.78. The van der Waals surface area contributed by atoms with Gasteiger partial charge in [-0.2, -0.15) is 0 Å². The van der Waals surface area contributed by atoms with Gasteiger partial charge in [0.25, 0.3) is 0 Å². The van der Waals surface area contributed by atoms with E-state index in [-0.39, 0.29) is 0 Å². The minimum Gasteiger partial charge on any atom is -0.478 e. The third-order valence-electron chi connectivity index (χ3n) is 1.45. The van der Waals surface area contributed by atoms with Gasteiger partial charge in [-0.15, -0.1) is 0 Å². The molecule has 0 fully saturated rings. The number of aldehydes is 1. The van der Waals surface area contributed by atoms with Crippen LogP contribution in [0.25, 0.3) is 0 Å². The van der Waals surface area contributed by atoms with Crippen molar-refractivity contribution in [3.05, 3.63) is 12.2 Å². The maximum atomic E-state index is 10.0. The van der Waals surface area contributed by atoms with E-state index in [1.54, 1.807) is 6.08 Å². The quantitative estimate of drug-likeness (QED) is 0.360. The van der Waals surface area contributed by atoms with Crippen LogP contribution in [0.15, 0.2) is 12.2 Å². The van der Waals surface area contributed by atoms with E-state index in [1.165, 1.54) is 0 Å².